The molecule has 1 aliphatic rings. The van der Waals surface area contributed by atoms with E-state index >= 15 is 0 Å². The minimum absolute atomic E-state index is 0.0691. The van der Waals surface area contributed by atoms with E-state index in [0.29, 0.717) is 5.57 Å². The smallest absolute Gasteiger partial charge is 0.157 e. The molecule has 0 atom stereocenters. The van der Waals surface area contributed by atoms with Gasteiger partial charge in [-0.3, -0.25) is 0 Å². The molecule has 0 amide bonds. The van der Waals surface area contributed by atoms with Crippen LogP contribution >= 0.6 is 0 Å². The molecule has 10 heavy (non-hydrogen) atoms. The highest BCUT2D eigenvalue weighted by atomic mass is 19.2. The normalized spacial score (nSPS) is 18.9. The van der Waals surface area contributed by atoms with Gasteiger partial charge in [0, 0.05) is 6.42 Å². The number of allylic oxidation sites excluding steroid dienone is 6. The molecule has 0 aromatic rings. The third kappa shape index (κ3) is 1.32. The van der Waals surface area contributed by atoms with Gasteiger partial charge in [-0.25, -0.2) is 8.78 Å². The summed E-state index contributed by atoms with van der Waals surface area (Å²) in [5.41, 5.74) is 0.353. The Balaban J connectivity index is 3.00. The Morgan fingerprint density at radius 1 is 1.40 bits per heavy atom. The van der Waals surface area contributed by atoms with Crippen LogP contribution in [0.25, 0.3) is 0 Å². The van der Waals surface area contributed by atoms with Gasteiger partial charge in [-0.1, -0.05) is 18.2 Å². The molecule has 1 aliphatic carbocycles. The van der Waals surface area contributed by atoms with Crippen molar-refractivity contribution in [2.75, 3.05) is 0 Å². The Morgan fingerprint density at radius 2 is 2.10 bits per heavy atom. The van der Waals surface area contributed by atoms with Crippen LogP contribution in [0.2, 0.25) is 0 Å². The molecule has 0 saturated carbocycles. The second-order valence-electron chi connectivity index (χ2n) is 2.20. The van der Waals surface area contributed by atoms with Crippen LogP contribution in [0.5, 0.6) is 0 Å². The molecule has 0 bridgehead atoms. The van der Waals surface area contributed by atoms with E-state index in [2.05, 4.69) is 0 Å². The molecule has 54 valence electrons. The minimum atomic E-state index is -0.718. The quantitative estimate of drug-likeness (QED) is 0.487. The van der Waals surface area contributed by atoms with E-state index < -0.39 is 11.7 Å². The van der Waals surface area contributed by atoms with Crippen LogP contribution in [0.3, 0.4) is 0 Å². The zero-order valence-electron chi connectivity index (χ0n) is 5.70. The molecular weight excluding hydrogens is 134 g/mol. The van der Waals surface area contributed by atoms with Gasteiger partial charge in [0.1, 0.15) is 5.83 Å². The van der Waals surface area contributed by atoms with E-state index in [0.717, 1.165) is 0 Å². The molecule has 0 unspecified atom stereocenters. The maximum atomic E-state index is 12.6. The van der Waals surface area contributed by atoms with Crippen LogP contribution in [0, 0.1) is 0 Å². The summed E-state index contributed by atoms with van der Waals surface area (Å²) >= 11 is 0. The van der Waals surface area contributed by atoms with E-state index in [4.69, 9.17) is 0 Å². The highest BCUT2D eigenvalue weighted by molar-refractivity contribution is 5.32. The summed E-state index contributed by atoms with van der Waals surface area (Å²) in [7, 11) is 0. The summed E-state index contributed by atoms with van der Waals surface area (Å²) in [5.74, 6) is -1.40. The van der Waals surface area contributed by atoms with Crippen molar-refractivity contribution in [2.45, 2.75) is 13.3 Å². The molecule has 0 spiro atoms. The van der Waals surface area contributed by atoms with E-state index in [1.165, 1.54) is 0 Å². The van der Waals surface area contributed by atoms with Crippen LogP contribution in [0.15, 0.2) is 35.5 Å². The van der Waals surface area contributed by atoms with Gasteiger partial charge < -0.3 is 0 Å². The summed E-state index contributed by atoms with van der Waals surface area (Å²) < 4.78 is 25.1. The van der Waals surface area contributed by atoms with Crippen LogP contribution in [0.1, 0.15) is 13.3 Å². The Kier molecular flexibility index (Phi) is 2.00. The first-order chi connectivity index (χ1) is 4.72. The van der Waals surface area contributed by atoms with Crippen molar-refractivity contribution in [3.05, 3.63) is 35.5 Å². The van der Waals surface area contributed by atoms with Crippen LogP contribution in [-0.2, 0) is 0 Å². The first-order valence-electron chi connectivity index (χ1n) is 3.10. The molecule has 0 aliphatic heterocycles. The first kappa shape index (κ1) is 7.19. The van der Waals surface area contributed by atoms with Crippen LogP contribution < -0.4 is 0 Å². The molecule has 2 heteroatoms. The molecule has 0 N–H and O–H groups in total. The minimum Gasteiger partial charge on any atom is -0.208 e. The van der Waals surface area contributed by atoms with E-state index in [-0.39, 0.29) is 6.42 Å². The molecule has 0 nitrogen and oxygen atoms in total. The van der Waals surface area contributed by atoms with Gasteiger partial charge in [0.25, 0.3) is 0 Å². The average molecular weight is 142 g/mol. The lowest BCUT2D eigenvalue weighted by atomic mass is 10.2. The van der Waals surface area contributed by atoms with Crippen molar-refractivity contribution in [3.8, 4) is 0 Å². The first-order valence-corrected chi connectivity index (χ1v) is 3.10. The zero-order valence-corrected chi connectivity index (χ0v) is 5.70. The number of rotatable bonds is 0. The predicted octanol–water partition coefficient (Wildman–Crippen LogP) is 3.04. The second kappa shape index (κ2) is 2.78. The van der Waals surface area contributed by atoms with Crippen molar-refractivity contribution >= 4 is 0 Å². The second-order valence-corrected chi connectivity index (χ2v) is 2.20. The van der Waals surface area contributed by atoms with Gasteiger partial charge >= 0.3 is 0 Å². The molecular formula is C8H8F2. The summed E-state index contributed by atoms with van der Waals surface area (Å²) in [6.07, 6.45) is 4.87. The lowest BCUT2D eigenvalue weighted by Gasteiger charge is -1.94. The van der Waals surface area contributed by atoms with E-state index in [1.807, 2.05) is 0 Å². The Labute approximate surface area is 58.6 Å². The lowest BCUT2D eigenvalue weighted by Crippen LogP contribution is -1.79. The lowest BCUT2D eigenvalue weighted by molar-refractivity contribution is 0.534. The summed E-state index contributed by atoms with van der Waals surface area (Å²) in [4.78, 5) is 0. The average Bonchev–Trinajstić information content (AvgIpc) is 2.04. The van der Waals surface area contributed by atoms with Crippen molar-refractivity contribution < 1.29 is 8.78 Å². The number of hydrogen-bond donors (Lipinski definition) is 0. The van der Waals surface area contributed by atoms with E-state index in [1.54, 1.807) is 25.2 Å². The fourth-order valence-electron chi connectivity index (χ4n) is 0.761. The molecule has 0 heterocycles. The summed E-state index contributed by atoms with van der Waals surface area (Å²) in [6, 6.07) is 0. The third-order valence-electron chi connectivity index (χ3n) is 1.36. The van der Waals surface area contributed by atoms with Crippen molar-refractivity contribution in [1.29, 1.82) is 0 Å². The summed E-state index contributed by atoms with van der Waals surface area (Å²) in [6.45, 7) is 1.55. The largest absolute Gasteiger partial charge is 0.208 e. The molecule has 0 aromatic carbocycles. The SMILES string of the molecule is CC1=CC=CCC(F)=C1F. The van der Waals surface area contributed by atoms with Crippen LogP contribution in [-0.4, -0.2) is 0 Å². The topological polar surface area (TPSA) is 0 Å². The maximum absolute atomic E-state index is 12.6. The third-order valence-corrected chi connectivity index (χ3v) is 1.36. The monoisotopic (exact) mass is 142 g/mol. The Hall–Kier alpha value is -0.920. The van der Waals surface area contributed by atoms with E-state index in [9.17, 15) is 8.78 Å². The molecule has 0 saturated heterocycles. The fraction of sp³-hybridized carbons (Fsp3) is 0.250. The zero-order chi connectivity index (χ0) is 7.56. The molecule has 0 radical (unpaired) electrons. The van der Waals surface area contributed by atoms with Gasteiger partial charge in [-0.05, 0) is 12.5 Å². The molecule has 1 rings (SSSR count). The van der Waals surface area contributed by atoms with Crippen molar-refractivity contribution in [1.82, 2.24) is 0 Å². The van der Waals surface area contributed by atoms with Crippen LogP contribution in [0.4, 0.5) is 8.78 Å². The maximum Gasteiger partial charge on any atom is 0.157 e. The summed E-state index contributed by atoms with van der Waals surface area (Å²) in [5, 5.41) is 0. The van der Waals surface area contributed by atoms with Gasteiger partial charge in [-0.15, -0.1) is 0 Å². The standard InChI is InChI=1S/C8H8F2/c1-6-4-2-3-5-7(9)8(6)10/h2-4H,5H2,1H3. The molecule has 0 aromatic heterocycles. The van der Waals surface area contributed by atoms with Gasteiger partial charge in [-0.2, -0.15) is 0 Å². The van der Waals surface area contributed by atoms with Gasteiger partial charge in [0.05, 0.1) is 0 Å². The molecule has 0 fully saturated rings. The highest BCUT2D eigenvalue weighted by Crippen LogP contribution is 2.22. The number of halogens is 2. The van der Waals surface area contributed by atoms with Gasteiger partial charge in [0.15, 0.2) is 5.83 Å². The van der Waals surface area contributed by atoms with Crippen molar-refractivity contribution in [3.63, 3.8) is 0 Å². The number of hydrogen-bond acceptors (Lipinski definition) is 0. The fourth-order valence-corrected chi connectivity index (χ4v) is 0.761. The highest BCUT2D eigenvalue weighted by Gasteiger charge is 2.07. The Bertz CT molecular complexity index is 216. The predicted molar refractivity (Wildman–Crippen MR) is 36.8 cm³/mol. The van der Waals surface area contributed by atoms with Crippen molar-refractivity contribution in [2.24, 2.45) is 0 Å². The Morgan fingerprint density at radius 3 is 2.80 bits per heavy atom. The van der Waals surface area contributed by atoms with Gasteiger partial charge in [0.2, 0.25) is 0 Å².